The smallest absolute Gasteiger partial charge is 0.161 e. The van der Waals surface area contributed by atoms with Gasteiger partial charge < -0.3 is 24.3 Å². The number of nitrogens with zero attached hydrogens (tertiary/aromatic N) is 1. The van der Waals surface area contributed by atoms with Gasteiger partial charge in [0.2, 0.25) is 0 Å². The van der Waals surface area contributed by atoms with Crippen LogP contribution in [-0.4, -0.2) is 59.5 Å². The zero-order valence-electron chi connectivity index (χ0n) is 16.5. The Kier molecular flexibility index (Phi) is 6.42. The summed E-state index contributed by atoms with van der Waals surface area (Å²) in [5, 5.41) is 3.42. The van der Waals surface area contributed by atoms with Crippen LogP contribution in [0.2, 0.25) is 0 Å². The van der Waals surface area contributed by atoms with E-state index in [1.54, 1.807) is 28.4 Å². The molecule has 1 aliphatic heterocycles. The predicted octanol–water partition coefficient (Wildman–Crippen LogP) is 2.72. The van der Waals surface area contributed by atoms with Crippen LogP contribution in [-0.2, 0) is 0 Å². The third-order valence-electron chi connectivity index (χ3n) is 4.98. The monoisotopic (exact) mass is 372 g/mol. The molecule has 0 saturated carbocycles. The fourth-order valence-corrected chi connectivity index (χ4v) is 3.67. The molecule has 1 atom stereocenters. The summed E-state index contributed by atoms with van der Waals surface area (Å²) in [6, 6.07) is 12.0. The minimum Gasteiger partial charge on any atom is -0.496 e. The Hall–Kier alpha value is -2.44. The van der Waals surface area contributed by atoms with E-state index in [0.29, 0.717) is 11.5 Å². The second kappa shape index (κ2) is 8.97. The summed E-state index contributed by atoms with van der Waals surface area (Å²) in [5.74, 6) is 3.05. The fraction of sp³-hybridized carbons (Fsp3) is 0.429. The van der Waals surface area contributed by atoms with Crippen molar-refractivity contribution >= 4 is 0 Å². The van der Waals surface area contributed by atoms with E-state index in [9.17, 15) is 0 Å². The summed E-state index contributed by atoms with van der Waals surface area (Å²) in [4.78, 5) is 2.44. The minimum absolute atomic E-state index is 0.0157. The van der Waals surface area contributed by atoms with Gasteiger partial charge in [0.1, 0.15) is 11.5 Å². The van der Waals surface area contributed by atoms with Crippen LogP contribution in [0.3, 0.4) is 0 Å². The largest absolute Gasteiger partial charge is 0.496 e. The van der Waals surface area contributed by atoms with Gasteiger partial charge in [-0.05, 0) is 29.8 Å². The number of hydrogen-bond donors (Lipinski definition) is 1. The predicted molar refractivity (Wildman–Crippen MR) is 105 cm³/mol. The molecule has 1 N–H and O–H groups in total. The third-order valence-corrected chi connectivity index (χ3v) is 4.98. The van der Waals surface area contributed by atoms with E-state index in [4.69, 9.17) is 18.9 Å². The van der Waals surface area contributed by atoms with Gasteiger partial charge in [-0.3, -0.25) is 4.90 Å². The highest BCUT2D eigenvalue weighted by Crippen LogP contribution is 2.42. The van der Waals surface area contributed by atoms with Crippen LogP contribution in [0.15, 0.2) is 36.4 Å². The van der Waals surface area contributed by atoms with Crippen LogP contribution in [0.25, 0.3) is 0 Å². The molecule has 2 aromatic carbocycles. The molecule has 27 heavy (non-hydrogen) atoms. The number of ether oxygens (including phenoxy) is 4. The van der Waals surface area contributed by atoms with Crippen molar-refractivity contribution in [2.24, 2.45) is 0 Å². The number of benzene rings is 2. The van der Waals surface area contributed by atoms with Crippen molar-refractivity contribution in [3.8, 4) is 23.0 Å². The van der Waals surface area contributed by atoms with Crippen LogP contribution in [0.4, 0.5) is 0 Å². The lowest BCUT2D eigenvalue weighted by molar-refractivity contribution is 0.192. The highest BCUT2D eigenvalue weighted by Gasteiger charge is 2.30. The van der Waals surface area contributed by atoms with E-state index >= 15 is 0 Å². The van der Waals surface area contributed by atoms with Crippen molar-refractivity contribution in [3.63, 3.8) is 0 Å². The van der Waals surface area contributed by atoms with E-state index in [-0.39, 0.29) is 6.04 Å². The van der Waals surface area contributed by atoms with Crippen molar-refractivity contribution in [2.75, 3.05) is 54.6 Å². The molecule has 2 aromatic rings. The van der Waals surface area contributed by atoms with E-state index in [1.165, 1.54) is 0 Å². The molecule has 6 heteroatoms. The molecule has 146 valence electrons. The van der Waals surface area contributed by atoms with Gasteiger partial charge in [-0.2, -0.15) is 0 Å². The number of hydrogen-bond acceptors (Lipinski definition) is 6. The molecule has 0 bridgehead atoms. The van der Waals surface area contributed by atoms with E-state index in [0.717, 1.165) is 48.8 Å². The van der Waals surface area contributed by atoms with Gasteiger partial charge in [-0.25, -0.2) is 0 Å². The van der Waals surface area contributed by atoms with Gasteiger partial charge in [-0.15, -0.1) is 0 Å². The average molecular weight is 372 g/mol. The Bertz CT molecular complexity index is 738. The van der Waals surface area contributed by atoms with Gasteiger partial charge >= 0.3 is 0 Å². The van der Waals surface area contributed by atoms with Crippen LogP contribution in [0.5, 0.6) is 23.0 Å². The van der Waals surface area contributed by atoms with E-state index in [2.05, 4.69) is 16.3 Å². The summed E-state index contributed by atoms with van der Waals surface area (Å²) in [6.07, 6.45) is 0. The fourth-order valence-electron chi connectivity index (χ4n) is 3.67. The number of methoxy groups -OCH3 is 4. The van der Waals surface area contributed by atoms with Gasteiger partial charge in [0.25, 0.3) is 0 Å². The molecule has 1 saturated heterocycles. The topological polar surface area (TPSA) is 52.2 Å². The first kappa shape index (κ1) is 19.3. The third kappa shape index (κ3) is 3.96. The second-order valence-corrected chi connectivity index (χ2v) is 6.38. The summed E-state index contributed by atoms with van der Waals surface area (Å²) in [6.45, 7) is 3.75. The standard InChI is InChI=1S/C21H28N2O4/c1-24-16-9-8-15(14-19(16)27-4)21(23-12-10-22-11-13-23)20-17(25-2)6-5-7-18(20)26-3/h5-9,14,21-22H,10-13H2,1-4H3. The van der Waals surface area contributed by atoms with E-state index < -0.39 is 0 Å². The zero-order valence-corrected chi connectivity index (χ0v) is 16.5. The molecule has 0 spiro atoms. The maximum absolute atomic E-state index is 5.70. The number of rotatable bonds is 7. The van der Waals surface area contributed by atoms with Crippen molar-refractivity contribution in [2.45, 2.75) is 6.04 Å². The first-order valence-corrected chi connectivity index (χ1v) is 9.11. The van der Waals surface area contributed by atoms with Crippen molar-refractivity contribution in [1.29, 1.82) is 0 Å². The lowest BCUT2D eigenvalue weighted by Gasteiger charge is -2.36. The van der Waals surface area contributed by atoms with Crippen molar-refractivity contribution < 1.29 is 18.9 Å². The quantitative estimate of drug-likeness (QED) is 0.807. The maximum Gasteiger partial charge on any atom is 0.161 e. The molecule has 6 nitrogen and oxygen atoms in total. The Morgan fingerprint density at radius 1 is 0.778 bits per heavy atom. The minimum atomic E-state index is -0.0157. The second-order valence-electron chi connectivity index (χ2n) is 6.38. The SMILES string of the molecule is COc1ccc(C(c2c(OC)cccc2OC)N2CCNCC2)cc1OC. The molecule has 1 aliphatic rings. The normalized spacial score (nSPS) is 15.9. The molecule has 1 heterocycles. The van der Waals surface area contributed by atoms with Gasteiger partial charge in [-0.1, -0.05) is 12.1 Å². The molecule has 0 amide bonds. The number of nitrogens with one attached hydrogen (secondary N) is 1. The lowest BCUT2D eigenvalue weighted by Crippen LogP contribution is -2.45. The lowest BCUT2D eigenvalue weighted by atomic mass is 9.94. The summed E-state index contributed by atoms with van der Waals surface area (Å²) < 4.78 is 22.4. The molecule has 1 fully saturated rings. The molecule has 0 aromatic heterocycles. The summed E-state index contributed by atoms with van der Waals surface area (Å²) in [7, 11) is 6.70. The van der Waals surface area contributed by atoms with Crippen molar-refractivity contribution in [1.82, 2.24) is 10.2 Å². The maximum atomic E-state index is 5.70. The first-order valence-electron chi connectivity index (χ1n) is 9.11. The average Bonchev–Trinajstić information content (AvgIpc) is 2.74. The van der Waals surface area contributed by atoms with Crippen LogP contribution in [0, 0.1) is 0 Å². The van der Waals surface area contributed by atoms with Crippen LogP contribution in [0.1, 0.15) is 17.2 Å². The zero-order chi connectivity index (χ0) is 19.2. The van der Waals surface area contributed by atoms with Gasteiger partial charge in [0, 0.05) is 26.2 Å². The molecular formula is C21H28N2O4. The molecule has 0 radical (unpaired) electrons. The number of piperazine rings is 1. The van der Waals surface area contributed by atoms with Crippen LogP contribution >= 0.6 is 0 Å². The van der Waals surface area contributed by atoms with E-state index in [1.807, 2.05) is 30.3 Å². The summed E-state index contributed by atoms with van der Waals surface area (Å²) >= 11 is 0. The van der Waals surface area contributed by atoms with Gasteiger partial charge in [0.05, 0.1) is 40.0 Å². The molecule has 3 rings (SSSR count). The Labute approximate surface area is 161 Å². The van der Waals surface area contributed by atoms with Gasteiger partial charge in [0.15, 0.2) is 11.5 Å². The summed E-state index contributed by atoms with van der Waals surface area (Å²) in [5.41, 5.74) is 2.13. The Balaban J connectivity index is 2.16. The first-order chi connectivity index (χ1) is 13.2. The molecule has 1 unspecified atom stereocenters. The van der Waals surface area contributed by atoms with Crippen LogP contribution < -0.4 is 24.3 Å². The Morgan fingerprint density at radius 2 is 1.37 bits per heavy atom. The highest BCUT2D eigenvalue weighted by atomic mass is 16.5. The highest BCUT2D eigenvalue weighted by molar-refractivity contribution is 5.53. The molecule has 0 aliphatic carbocycles. The Morgan fingerprint density at radius 3 is 1.93 bits per heavy atom. The molecular weight excluding hydrogens is 344 g/mol. The van der Waals surface area contributed by atoms with Crippen molar-refractivity contribution in [3.05, 3.63) is 47.5 Å².